The maximum absolute atomic E-state index is 15.8. The molecule has 35 heavy (non-hydrogen) atoms. The van der Waals surface area contributed by atoms with Gasteiger partial charge < -0.3 is 25.8 Å². The Kier molecular flexibility index (Phi) is 6.13. The first-order valence-corrected chi connectivity index (χ1v) is 11.7. The van der Waals surface area contributed by atoms with Crippen molar-refractivity contribution in [3.05, 3.63) is 81.9 Å². The SMILES string of the molecule is NC(=O)c1ccc(OCCO)c(F)c1-c1c(Cl)c(F)cc2c1C[C@@]1(c3ccccc3)CNCCN21. The van der Waals surface area contributed by atoms with Gasteiger partial charge in [-0.05, 0) is 29.3 Å². The Morgan fingerprint density at radius 1 is 1.20 bits per heavy atom. The van der Waals surface area contributed by atoms with Gasteiger partial charge in [-0.1, -0.05) is 41.9 Å². The topological polar surface area (TPSA) is 87.8 Å². The molecule has 3 aromatic rings. The van der Waals surface area contributed by atoms with Gasteiger partial charge in [-0.2, -0.15) is 0 Å². The summed E-state index contributed by atoms with van der Waals surface area (Å²) in [6.45, 7) is 1.41. The minimum absolute atomic E-state index is 0.0899. The van der Waals surface area contributed by atoms with E-state index in [9.17, 15) is 4.79 Å². The number of ether oxygens (including phenoxy) is 1. The third-order valence-corrected chi connectivity index (χ3v) is 7.16. The number of nitrogens with zero attached hydrogens (tertiary/aromatic N) is 1. The third kappa shape index (κ3) is 3.73. The van der Waals surface area contributed by atoms with E-state index in [1.54, 1.807) is 0 Å². The van der Waals surface area contributed by atoms with Gasteiger partial charge in [0.1, 0.15) is 12.4 Å². The highest BCUT2D eigenvalue weighted by atomic mass is 35.5. The Balaban J connectivity index is 1.78. The largest absolute Gasteiger partial charge is 0.488 e. The van der Waals surface area contributed by atoms with Crippen molar-refractivity contribution in [1.29, 1.82) is 0 Å². The Hall–Kier alpha value is -3.20. The number of hydrogen-bond acceptors (Lipinski definition) is 5. The summed E-state index contributed by atoms with van der Waals surface area (Å²) in [6.07, 6.45) is 0.411. The number of halogens is 3. The first-order chi connectivity index (χ1) is 16.9. The van der Waals surface area contributed by atoms with Crippen LogP contribution in [-0.2, 0) is 12.0 Å². The highest BCUT2D eigenvalue weighted by molar-refractivity contribution is 6.34. The molecule has 3 aromatic carbocycles. The van der Waals surface area contributed by atoms with Crippen LogP contribution in [0, 0.1) is 11.6 Å². The minimum atomic E-state index is -0.888. The van der Waals surface area contributed by atoms with E-state index in [4.69, 9.17) is 27.2 Å². The van der Waals surface area contributed by atoms with E-state index >= 15 is 8.78 Å². The Morgan fingerprint density at radius 2 is 1.97 bits per heavy atom. The van der Waals surface area contributed by atoms with Crippen LogP contribution in [-0.4, -0.2) is 43.9 Å². The summed E-state index contributed by atoms with van der Waals surface area (Å²) in [5.74, 6) is -2.68. The van der Waals surface area contributed by atoms with Crippen molar-refractivity contribution in [2.45, 2.75) is 12.0 Å². The highest BCUT2D eigenvalue weighted by Crippen LogP contribution is 2.52. The monoisotopic (exact) mass is 499 g/mol. The van der Waals surface area contributed by atoms with Crippen LogP contribution in [0.3, 0.4) is 0 Å². The molecule has 0 spiro atoms. The molecule has 0 aliphatic carbocycles. The van der Waals surface area contributed by atoms with Gasteiger partial charge in [-0.3, -0.25) is 4.79 Å². The maximum atomic E-state index is 15.8. The van der Waals surface area contributed by atoms with Gasteiger partial charge in [0.25, 0.3) is 0 Å². The van der Waals surface area contributed by atoms with Crippen molar-refractivity contribution >= 4 is 23.2 Å². The standard InChI is InChI=1S/C26H24ClF2N3O3/c27-23-18(28)12-19-17(13-26(14-31-8-9-32(19)26)15-4-2-1-3-5-15)21(23)22-16(25(30)34)6-7-20(24(22)29)35-11-10-33/h1-7,12,31,33H,8-11,13-14H2,(H2,30,34)/t26-/m0/s1. The van der Waals surface area contributed by atoms with Crippen LogP contribution in [0.5, 0.6) is 5.75 Å². The molecule has 2 heterocycles. The van der Waals surface area contributed by atoms with Gasteiger partial charge in [-0.15, -0.1) is 0 Å². The van der Waals surface area contributed by atoms with Crippen molar-refractivity contribution in [3.63, 3.8) is 0 Å². The molecule has 4 N–H and O–H groups in total. The zero-order chi connectivity index (χ0) is 24.7. The lowest BCUT2D eigenvalue weighted by Gasteiger charge is -2.45. The lowest BCUT2D eigenvalue weighted by atomic mass is 9.83. The molecular formula is C26H24ClF2N3O3. The number of carbonyl (C=O) groups excluding carboxylic acids is 1. The molecule has 5 rings (SSSR count). The average Bonchev–Trinajstić information content (AvgIpc) is 3.20. The van der Waals surface area contributed by atoms with E-state index in [0.717, 1.165) is 5.56 Å². The lowest BCUT2D eigenvalue weighted by molar-refractivity contribution is 0.100. The van der Waals surface area contributed by atoms with E-state index in [0.29, 0.717) is 37.3 Å². The van der Waals surface area contributed by atoms with Crippen LogP contribution in [0.15, 0.2) is 48.5 Å². The summed E-state index contributed by atoms with van der Waals surface area (Å²) in [6, 6.07) is 13.8. The smallest absolute Gasteiger partial charge is 0.249 e. The van der Waals surface area contributed by atoms with E-state index in [1.165, 1.54) is 18.2 Å². The first-order valence-electron chi connectivity index (χ1n) is 11.3. The maximum Gasteiger partial charge on any atom is 0.249 e. The van der Waals surface area contributed by atoms with E-state index in [2.05, 4.69) is 10.2 Å². The number of aliphatic hydroxyl groups is 1. The Bertz CT molecular complexity index is 1300. The summed E-state index contributed by atoms with van der Waals surface area (Å²) in [7, 11) is 0. The molecule has 1 saturated heterocycles. The summed E-state index contributed by atoms with van der Waals surface area (Å²) in [5, 5.41) is 12.2. The number of benzene rings is 3. The van der Waals surface area contributed by atoms with Crippen LogP contribution in [0.25, 0.3) is 11.1 Å². The van der Waals surface area contributed by atoms with Crippen molar-refractivity contribution < 1.29 is 23.4 Å². The number of rotatable bonds is 6. The molecule has 182 valence electrons. The summed E-state index contributed by atoms with van der Waals surface area (Å²) in [5.41, 5.74) is 7.07. The second kappa shape index (κ2) is 9.11. The summed E-state index contributed by atoms with van der Waals surface area (Å²) >= 11 is 6.50. The molecule has 0 radical (unpaired) electrons. The zero-order valence-corrected chi connectivity index (χ0v) is 19.5. The number of piperazine rings is 1. The summed E-state index contributed by atoms with van der Waals surface area (Å²) < 4.78 is 36.5. The average molecular weight is 500 g/mol. The predicted octanol–water partition coefficient (Wildman–Crippen LogP) is 3.62. The number of primary amides is 1. The molecule has 1 fully saturated rings. The van der Waals surface area contributed by atoms with Crippen LogP contribution in [0.2, 0.25) is 5.02 Å². The molecule has 0 unspecified atom stereocenters. The Labute approximate surface area is 206 Å². The molecule has 0 aromatic heterocycles. The molecule has 2 aliphatic heterocycles. The van der Waals surface area contributed by atoms with E-state index < -0.39 is 23.1 Å². The molecule has 2 aliphatic rings. The van der Waals surface area contributed by atoms with Crippen molar-refractivity contribution in [3.8, 4) is 16.9 Å². The Morgan fingerprint density at radius 3 is 2.69 bits per heavy atom. The van der Waals surface area contributed by atoms with Crippen LogP contribution in [0.1, 0.15) is 21.5 Å². The molecule has 0 bridgehead atoms. The van der Waals surface area contributed by atoms with Gasteiger partial charge >= 0.3 is 0 Å². The molecule has 1 atom stereocenters. The van der Waals surface area contributed by atoms with E-state index in [1.807, 2.05) is 30.3 Å². The van der Waals surface area contributed by atoms with Gasteiger partial charge in [0.2, 0.25) is 5.91 Å². The number of anilines is 1. The number of nitrogens with one attached hydrogen (secondary N) is 1. The highest BCUT2D eigenvalue weighted by Gasteiger charge is 2.48. The predicted molar refractivity (Wildman–Crippen MR) is 130 cm³/mol. The van der Waals surface area contributed by atoms with Crippen LogP contribution >= 0.6 is 11.6 Å². The number of carbonyl (C=O) groups is 1. The third-order valence-electron chi connectivity index (χ3n) is 6.79. The van der Waals surface area contributed by atoms with Gasteiger partial charge in [-0.25, -0.2) is 8.78 Å². The molecule has 6 nitrogen and oxygen atoms in total. The van der Waals surface area contributed by atoms with E-state index in [-0.39, 0.29) is 40.7 Å². The number of fused-ring (bicyclic) bond motifs is 3. The van der Waals surface area contributed by atoms with Crippen LogP contribution in [0.4, 0.5) is 14.5 Å². The fraction of sp³-hybridized carbons (Fsp3) is 0.269. The zero-order valence-electron chi connectivity index (χ0n) is 18.8. The van der Waals surface area contributed by atoms with Crippen molar-refractivity contribution in [1.82, 2.24) is 5.32 Å². The van der Waals surface area contributed by atoms with Gasteiger partial charge in [0.05, 0.1) is 22.7 Å². The molecular weight excluding hydrogens is 476 g/mol. The molecule has 1 amide bonds. The van der Waals surface area contributed by atoms with Crippen LogP contribution < -0.4 is 20.7 Å². The normalized spacial score (nSPS) is 18.8. The minimum Gasteiger partial charge on any atom is -0.488 e. The number of amides is 1. The first kappa shape index (κ1) is 23.5. The fourth-order valence-electron chi connectivity index (χ4n) is 5.31. The van der Waals surface area contributed by atoms with Gasteiger partial charge in [0, 0.05) is 42.9 Å². The number of nitrogens with two attached hydrogens (primary N) is 1. The second-order valence-electron chi connectivity index (χ2n) is 8.68. The lowest BCUT2D eigenvalue weighted by Crippen LogP contribution is -2.57. The second-order valence-corrected chi connectivity index (χ2v) is 9.06. The quantitative estimate of drug-likeness (QED) is 0.482. The van der Waals surface area contributed by atoms with Crippen molar-refractivity contribution in [2.24, 2.45) is 5.73 Å². The number of hydrogen-bond donors (Lipinski definition) is 3. The van der Waals surface area contributed by atoms with Gasteiger partial charge in [0.15, 0.2) is 11.6 Å². The molecule has 0 saturated carbocycles. The number of aliphatic hydroxyl groups excluding tert-OH is 1. The summed E-state index contributed by atoms with van der Waals surface area (Å²) in [4.78, 5) is 14.5. The fourth-order valence-corrected chi connectivity index (χ4v) is 5.57. The van der Waals surface area contributed by atoms with Crippen molar-refractivity contribution in [2.75, 3.05) is 37.7 Å². The molecule has 9 heteroatoms.